The fourth-order valence-corrected chi connectivity index (χ4v) is 2.00. The van der Waals surface area contributed by atoms with Crippen LogP contribution in [-0.4, -0.2) is 35.1 Å². The molecule has 1 saturated carbocycles. The van der Waals surface area contributed by atoms with Crippen LogP contribution >= 0.6 is 0 Å². The van der Waals surface area contributed by atoms with Gasteiger partial charge >= 0.3 is 5.97 Å². The molecule has 2 unspecified atom stereocenters. The van der Waals surface area contributed by atoms with Crippen LogP contribution in [0.1, 0.15) is 12.8 Å². The molecular formula is C9H13NO2. The Labute approximate surface area is 71.7 Å². The van der Waals surface area contributed by atoms with Crippen molar-refractivity contribution in [2.75, 3.05) is 13.1 Å². The molecule has 66 valence electrons. The maximum absolute atomic E-state index is 10.2. The smallest absolute Gasteiger partial charge is 0.328 e. The molecule has 2 fully saturated rings. The molecule has 1 heterocycles. The summed E-state index contributed by atoms with van der Waals surface area (Å²) in [5.41, 5.74) is 0. The molecule has 1 aliphatic carbocycles. The van der Waals surface area contributed by atoms with E-state index in [1.807, 2.05) is 0 Å². The maximum Gasteiger partial charge on any atom is 0.328 e. The molecule has 0 aromatic heterocycles. The minimum atomic E-state index is -0.846. The predicted octanol–water partition coefficient (Wildman–Crippen LogP) is 0.721. The first kappa shape index (κ1) is 7.80. The summed E-state index contributed by atoms with van der Waals surface area (Å²) in [6.07, 6.45) is 5.62. The zero-order valence-electron chi connectivity index (χ0n) is 6.94. The number of carboxylic acid groups (broad SMARTS) is 1. The van der Waals surface area contributed by atoms with Crippen molar-refractivity contribution in [2.45, 2.75) is 18.9 Å². The molecule has 0 radical (unpaired) electrons. The van der Waals surface area contributed by atoms with Gasteiger partial charge in [-0.25, -0.2) is 4.79 Å². The third-order valence-corrected chi connectivity index (χ3v) is 2.74. The Morgan fingerprint density at radius 2 is 2.50 bits per heavy atom. The predicted molar refractivity (Wildman–Crippen MR) is 44.9 cm³/mol. The summed E-state index contributed by atoms with van der Waals surface area (Å²) in [7, 11) is 0. The van der Waals surface area contributed by atoms with Crippen molar-refractivity contribution in [1.29, 1.82) is 0 Å². The summed E-state index contributed by atoms with van der Waals surface area (Å²) in [4.78, 5) is 12.5. The number of likely N-dealkylation sites (tertiary alicyclic amines) is 1. The average molecular weight is 167 g/mol. The van der Waals surface area contributed by atoms with E-state index in [-0.39, 0.29) is 0 Å². The normalized spacial score (nSPS) is 34.0. The van der Waals surface area contributed by atoms with Crippen LogP contribution < -0.4 is 0 Å². The van der Waals surface area contributed by atoms with Crippen LogP contribution in [0.15, 0.2) is 12.2 Å². The van der Waals surface area contributed by atoms with Crippen LogP contribution in [-0.2, 0) is 4.79 Å². The molecule has 1 saturated heterocycles. The number of carboxylic acids is 1. The van der Waals surface area contributed by atoms with Crippen LogP contribution in [0, 0.1) is 5.92 Å². The Hall–Kier alpha value is -0.830. The Morgan fingerprint density at radius 1 is 1.67 bits per heavy atom. The number of nitrogens with zero attached hydrogens (tertiary/aromatic N) is 1. The summed E-state index contributed by atoms with van der Waals surface area (Å²) >= 11 is 0. The molecule has 1 N–H and O–H groups in total. The lowest BCUT2D eigenvalue weighted by molar-refractivity contribution is -0.131. The van der Waals surface area contributed by atoms with E-state index in [1.165, 1.54) is 18.9 Å². The van der Waals surface area contributed by atoms with Gasteiger partial charge in [-0.2, -0.15) is 0 Å². The molecule has 0 aromatic rings. The number of piperidine rings is 1. The van der Waals surface area contributed by atoms with Crippen molar-refractivity contribution >= 4 is 5.97 Å². The van der Waals surface area contributed by atoms with Crippen LogP contribution in [0.3, 0.4) is 0 Å². The maximum atomic E-state index is 10.2. The van der Waals surface area contributed by atoms with Crippen molar-refractivity contribution in [2.24, 2.45) is 5.92 Å². The minimum absolute atomic E-state index is 0.781. The molecule has 2 aliphatic rings. The second-order valence-electron chi connectivity index (χ2n) is 3.59. The van der Waals surface area contributed by atoms with Gasteiger partial charge in [0.05, 0.1) is 0 Å². The van der Waals surface area contributed by atoms with E-state index >= 15 is 0 Å². The quantitative estimate of drug-likeness (QED) is 0.630. The summed E-state index contributed by atoms with van der Waals surface area (Å²) in [6, 6.07) is 0.781. The zero-order chi connectivity index (χ0) is 8.55. The van der Waals surface area contributed by atoms with Gasteiger partial charge in [0.15, 0.2) is 0 Å². The number of rotatable bonds is 3. The van der Waals surface area contributed by atoms with Crippen molar-refractivity contribution in [1.82, 2.24) is 4.90 Å². The lowest BCUT2D eigenvalue weighted by atomic mass is 10.3. The van der Waals surface area contributed by atoms with Gasteiger partial charge in [0.1, 0.15) is 0 Å². The first-order valence-corrected chi connectivity index (χ1v) is 4.41. The number of hydrogen-bond acceptors (Lipinski definition) is 2. The molecule has 3 nitrogen and oxygen atoms in total. The summed E-state index contributed by atoms with van der Waals surface area (Å²) in [6.45, 7) is 1.97. The second kappa shape index (κ2) is 2.90. The van der Waals surface area contributed by atoms with Crippen LogP contribution in [0.25, 0.3) is 0 Å². The van der Waals surface area contributed by atoms with E-state index in [0.717, 1.165) is 25.0 Å². The molecule has 12 heavy (non-hydrogen) atoms. The van der Waals surface area contributed by atoms with Gasteiger partial charge < -0.3 is 5.11 Å². The van der Waals surface area contributed by atoms with Gasteiger partial charge in [0, 0.05) is 18.7 Å². The topological polar surface area (TPSA) is 40.5 Å². The fraction of sp³-hybridized carbons (Fsp3) is 0.667. The van der Waals surface area contributed by atoms with Crippen LogP contribution in [0.2, 0.25) is 0 Å². The van der Waals surface area contributed by atoms with Crippen molar-refractivity contribution in [3.63, 3.8) is 0 Å². The number of aliphatic carboxylic acids is 1. The molecule has 0 amide bonds. The molecular weight excluding hydrogens is 154 g/mol. The summed E-state index contributed by atoms with van der Waals surface area (Å²) < 4.78 is 0. The highest BCUT2D eigenvalue weighted by atomic mass is 16.4. The molecule has 3 heteroatoms. The standard InChI is InChI=1S/C9H13NO2/c11-9(12)2-1-4-10-5-3-7-6-8(7)10/h1-2,7-8H,3-6H2,(H,11,12)/b2-1+. The van der Waals surface area contributed by atoms with Crippen molar-refractivity contribution < 1.29 is 9.90 Å². The van der Waals surface area contributed by atoms with Crippen molar-refractivity contribution in [3.05, 3.63) is 12.2 Å². The monoisotopic (exact) mass is 167 g/mol. The molecule has 0 aromatic carbocycles. The van der Waals surface area contributed by atoms with Crippen molar-refractivity contribution in [3.8, 4) is 0 Å². The van der Waals surface area contributed by atoms with Crippen LogP contribution in [0.4, 0.5) is 0 Å². The second-order valence-corrected chi connectivity index (χ2v) is 3.59. The van der Waals surface area contributed by atoms with Gasteiger partial charge in [0.25, 0.3) is 0 Å². The molecule has 0 bridgehead atoms. The Morgan fingerprint density at radius 3 is 3.00 bits per heavy atom. The summed E-state index contributed by atoms with van der Waals surface area (Å²) in [5.74, 6) is 0.0878. The van der Waals surface area contributed by atoms with E-state index in [4.69, 9.17) is 5.11 Å². The molecule has 2 rings (SSSR count). The van der Waals surface area contributed by atoms with Gasteiger partial charge in [-0.3, -0.25) is 4.90 Å². The number of hydrogen-bond donors (Lipinski definition) is 1. The Balaban J connectivity index is 1.76. The number of carbonyl (C=O) groups is 1. The zero-order valence-corrected chi connectivity index (χ0v) is 6.94. The fourth-order valence-electron chi connectivity index (χ4n) is 2.00. The molecule has 0 spiro atoms. The van der Waals surface area contributed by atoms with E-state index in [9.17, 15) is 4.79 Å². The average Bonchev–Trinajstić information content (AvgIpc) is 2.68. The largest absolute Gasteiger partial charge is 0.478 e. The first-order chi connectivity index (χ1) is 5.77. The van der Waals surface area contributed by atoms with E-state index in [0.29, 0.717) is 0 Å². The SMILES string of the molecule is O=C(O)/C=C/CN1CCC2CC21. The van der Waals surface area contributed by atoms with E-state index < -0.39 is 5.97 Å². The highest BCUT2D eigenvalue weighted by Gasteiger charge is 2.45. The molecule has 2 atom stereocenters. The number of fused-ring (bicyclic) bond motifs is 1. The lowest BCUT2D eigenvalue weighted by Crippen LogP contribution is -2.23. The highest BCUT2D eigenvalue weighted by molar-refractivity contribution is 5.79. The third-order valence-electron chi connectivity index (χ3n) is 2.74. The Bertz CT molecular complexity index is 225. The first-order valence-electron chi connectivity index (χ1n) is 4.41. The van der Waals surface area contributed by atoms with Crippen LogP contribution in [0.5, 0.6) is 0 Å². The lowest BCUT2D eigenvalue weighted by Gasteiger charge is -2.13. The van der Waals surface area contributed by atoms with Gasteiger partial charge in [-0.1, -0.05) is 6.08 Å². The van der Waals surface area contributed by atoms with Gasteiger partial charge in [-0.15, -0.1) is 0 Å². The summed E-state index contributed by atoms with van der Waals surface area (Å²) in [5, 5.41) is 8.36. The third kappa shape index (κ3) is 1.50. The minimum Gasteiger partial charge on any atom is -0.478 e. The molecule has 1 aliphatic heterocycles. The Kier molecular flexibility index (Phi) is 1.89. The van der Waals surface area contributed by atoms with E-state index in [2.05, 4.69) is 4.90 Å². The van der Waals surface area contributed by atoms with Gasteiger partial charge in [0.2, 0.25) is 0 Å². The highest BCUT2D eigenvalue weighted by Crippen LogP contribution is 2.43. The van der Waals surface area contributed by atoms with Gasteiger partial charge in [-0.05, 0) is 25.3 Å². The van der Waals surface area contributed by atoms with E-state index in [1.54, 1.807) is 6.08 Å².